The van der Waals surface area contributed by atoms with Gasteiger partial charge in [0, 0.05) is 32.4 Å². The van der Waals surface area contributed by atoms with Crippen LogP contribution in [0, 0.1) is 0 Å². The minimum absolute atomic E-state index is 0.0771. The molecule has 1 aliphatic rings. The molecule has 0 aromatic carbocycles. The summed E-state index contributed by atoms with van der Waals surface area (Å²) >= 11 is 0. The highest BCUT2D eigenvalue weighted by molar-refractivity contribution is 5.88. The fourth-order valence-electron chi connectivity index (χ4n) is 2.01. The average Bonchev–Trinajstić information content (AvgIpc) is 2.62. The largest absolute Gasteiger partial charge is 0.372 e. The summed E-state index contributed by atoms with van der Waals surface area (Å²) in [7, 11) is 1.81. The molecule has 2 amide bonds. The number of hydrogen-bond donors (Lipinski definition) is 1. The van der Waals surface area contributed by atoms with E-state index in [1.807, 2.05) is 20.9 Å². The Labute approximate surface area is 101 Å². The molecule has 6 heteroatoms. The van der Waals surface area contributed by atoms with Crippen LogP contribution >= 0.6 is 0 Å². The van der Waals surface area contributed by atoms with Crippen molar-refractivity contribution in [1.82, 2.24) is 14.7 Å². The number of nitrogens with one attached hydrogen (secondary N) is 1. The Bertz CT molecular complexity index is 394. The third-order valence-electron chi connectivity index (χ3n) is 2.66. The van der Waals surface area contributed by atoms with Crippen LogP contribution in [0.3, 0.4) is 0 Å². The Balaban J connectivity index is 1.95. The summed E-state index contributed by atoms with van der Waals surface area (Å²) in [5, 5.41) is 6.88. The summed E-state index contributed by atoms with van der Waals surface area (Å²) < 4.78 is 7.23. The summed E-state index contributed by atoms with van der Waals surface area (Å²) in [6.45, 7) is 5.17. The molecule has 0 saturated carbocycles. The zero-order valence-electron chi connectivity index (χ0n) is 10.4. The topological polar surface area (TPSA) is 59.4 Å². The predicted octanol–water partition coefficient (Wildman–Crippen LogP) is 1.06. The maximum Gasteiger partial charge on any atom is 0.323 e. The highest BCUT2D eigenvalue weighted by atomic mass is 16.5. The van der Waals surface area contributed by atoms with E-state index >= 15 is 0 Å². The minimum Gasteiger partial charge on any atom is -0.372 e. The van der Waals surface area contributed by atoms with Gasteiger partial charge < -0.3 is 9.64 Å². The van der Waals surface area contributed by atoms with Crippen molar-refractivity contribution in [3.63, 3.8) is 0 Å². The molecule has 1 N–H and O–H groups in total. The van der Waals surface area contributed by atoms with E-state index in [1.54, 1.807) is 21.8 Å². The molecule has 94 valence electrons. The maximum atomic E-state index is 12.0. The van der Waals surface area contributed by atoms with E-state index in [4.69, 9.17) is 4.74 Å². The van der Waals surface area contributed by atoms with E-state index in [-0.39, 0.29) is 18.2 Å². The molecule has 1 aromatic rings. The monoisotopic (exact) mass is 238 g/mol. The van der Waals surface area contributed by atoms with Gasteiger partial charge >= 0.3 is 6.03 Å². The third-order valence-corrected chi connectivity index (χ3v) is 2.66. The molecule has 0 spiro atoms. The second kappa shape index (κ2) is 4.75. The van der Waals surface area contributed by atoms with E-state index in [0.29, 0.717) is 18.9 Å². The lowest BCUT2D eigenvalue weighted by atomic mass is 10.2. The van der Waals surface area contributed by atoms with Crippen LogP contribution in [0.25, 0.3) is 0 Å². The van der Waals surface area contributed by atoms with Crippen molar-refractivity contribution in [2.75, 3.05) is 18.4 Å². The Morgan fingerprint density at radius 2 is 2.12 bits per heavy atom. The molecule has 0 radical (unpaired) electrons. The second-order valence-electron chi connectivity index (χ2n) is 4.47. The molecular weight excluding hydrogens is 220 g/mol. The van der Waals surface area contributed by atoms with Crippen molar-refractivity contribution in [3.8, 4) is 0 Å². The molecule has 1 saturated heterocycles. The van der Waals surface area contributed by atoms with E-state index in [9.17, 15) is 4.79 Å². The lowest BCUT2D eigenvalue weighted by molar-refractivity contribution is -0.0530. The Morgan fingerprint density at radius 3 is 2.65 bits per heavy atom. The molecule has 6 nitrogen and oxygen atoms in total. The van der Waals surface area contributed by atoms with Gasteiger partial charge in [-0.05, 0) is 13.8 Å². The number of carbonyl (C=O) groups excluding carboxylic acids is 1. The van der Waals surface area contributed by atoms with Crippen molar-refractivity contribution in [2.24, 2.45) is 7.05 Å². The minimum atomic E-state index is -0.120. The fraction of sp³-hybridized carbons (Fsp3) is 0.636. The first-order valence-corrected chi connectivity index (χ1v) is 5.75. The number of rotatable bonds is 1. The van der Waals surface area contributed by atoms with Crippen LogP contribution < -0.4 is 5.32 Å². The van der Waals surface area contributed by atoms with Gasteiger partial charge in [0.1, 0.15) is 0 Å². The highest BCUT2D eigenvalue weighted by Gasteiger charge is 2.26. The lowest BCUT2D eigenvalue weighted by Gasteiger charge is -2.35. The Kier molecular flexibility index (Phi) is 3.33. The molecule has 2 heterocycles. The van der Waals surface area contributed by atoms with Gasteiger partial charge in [0.2, 0.25) is 0 Å². The van der Waals surface area contributed by atoms with Crippen molar-refractivity contribution >= 4 is 11.8 Å². The zero-order valence-corrected chi connectivity index (χ0v) is 10.4. The summed E-state index contributed by atoms with van der Waals surface area (Å²) in [5.41, 5.74) is 0. The molecule has 1 fully saturated rings. The summed E-state index contributed by atoms with van der Waals surface area (Å²) in [6, 6.07) is 1.65. The highest BCUT2D eigenvalue weighted by Crippen LogP contribution is 2.12. The number of nitrogens with zero attached hydrogens (tertiary/aromatic N) is 3. The Morgan fingerprint density at radius 1 is 1.47 bits per heavy atom. The molecule has 0 aliphatic carbocycles. The van der Waals surface area contributed by atoms with E-state index in [0.717, 1.165) is 0 Å². The van der Waals surface area contributed by atoms with Crippen LogP contribution in [-0.4, -0.2) is 46.0 Å². The smallest absolute Gasteiger partial charge is 0.323 e. The average molecular weight is 238 g/mol. The lowest BCUT2D eigenvalue weighted by Crippen LogP contribution is -2.49. The predicted molar refractivity (Wildman–Crippen MR) is 63.8 cm³/mol. The van der Waals surface area contributed by atoms with Crippen molar-refractivity contribution in [1.29, 1.82) is 0 Å². The van der Waals surface area contributed by atoms with Crippen LogP contribution in [0.1, 0.15) is 13.8 Å². The molecule has 2 unspecified atom stereocenters. The maximum absolute atomic E-state index is 12.0. The standard InChI is InChI=1S/C11H18N4O2/c1-8-6-15(7-9(2)17-8)11(16)12-10-4-5-14(3)13-10/h4-5,8-9H,6-7H2,1-3H3,(H,12,13,16). The molecule has 2 atom stereocenters. The van der Waals surface area contributed by atoms with Gasteiger partial charge in [0.25, 0.3) is 0 Å². The molecule has 1 aromatic heterocycles. The van der Waals surface area contributed by atoms with Crippen molar-refractivity contribution < 1.29 is 9.53 Å². The molecule has 2 rings (SSSR count). The number of aromatic nitrogens is 2. The van der Waals surface area contributed by atoms with Gasteiger partial charge in [-0.2, -0.15) is 5.10 Å². The summed E-state index contributed by atoms with van der Waals surface area (Å²) in [6.07, 6.45) is 1.95. The van der Waals surface area contributed by atoms with Crippen molar-refractivity contribution in [3.05, 3.63) is 12.3 Å². The van der Waals surface area contributed by atoms with Gasteiger partial charge in [-0.3, -0.25) is 10.00 Å². The molecule has 17 heavy (non-hydrogen) atoms. The van der Waals surface area contributed by atoms with Crippen LogP contribution in [0.2, 0.25) is 0 Å². The van der Waals surface area contributed by atoms with E-state index < -0.39 is 0 Å². The number of hydrogen-bond acceptors (Lipinski definition) is 3. The molecule has 0 bridgehead atoms. The van der Waals surface area contributed by atoms with Gasteiger partial charge in [0.15, 0.2) is 5.82 Å². The third kappa shape index (κ3) is 2.97. The first-order chi connectivity index (χ1) is 8.04. The van der Waals surface area contributed by atoms with Gasteiger partial charge in [-0.15, -0.1) is 0 Å². The van der Waals surface area contributed by atoms with Gasteiger partial charge in [0.05, 0.1) is 12.2 Å². The quantitative estimate of drug-likeness (QED) is 0.796. The number of amides is 2. The SMILES string of the molecule is CC1CN(C(=O)Nc2ccn(C)n2)CC(C)O1. The van der Waals surface area contributed by atoms with Crippen molar-refractivity contribution in [2.45, 2.75) is 26.1 Å². The zero-order chi connectivity index (χ0) is 12.4. The van der Waals surface area contributed by atoms with E-state index in [1.165, 1.54) is 0 Å². The number of carbonyl (C=O) groups is 1. The fourth-order valence-corrected chi connectivity index (χ4v) is 2.01. The number of urea groups is 1. The Hall–Kier alpha value is -1.56. The van der Waals surface area contributed by atoms with Gasteiger partial charge in [-0.25, -0.2) is 4.79 Å². The first-order valence-electron chi connectivity index (χ1n) is 5.75. The second-order valence-corrected chi connectivity index (χ2v) is 4.47. The first kappa shape index (κ1) is 11.9. The van der Waals surface area contributed by atoms with Crippen LogP contribution in [0.15, 0.2) is 12.3 Å². The number of morpholine rings is 1. The molecular formula is C11H18N4O2. The summed E-state index contributed by atoms with van der Waals surface area (Å²) in [4.78, 5) is 13.7. The van der Waals surface area contributed by atoms with Crippen LogP contribution in [0.4, 0.5) is 10.6 Å². The van der Waals surface area contributed by atoms with Crippen LogP contribution in [0.5, 0.6) is 0 Å². The number of anilines is 1. The molecule has 1 aliphatic heterocycles. The summed E-state index contributed by atoms with van der Waals surface area (Å²) in [5.74, 6) is 0.573. The van der Waals surface area contributed by atoms with E-state index in [2.05, 4.69) is 10.4 Å². The number of aryl methyl sites for hydroxylation is 1. The van der Waals surface area contributed by atoms with Crippen LogP contribution in [-0.2, 0) is 11.8 Å². The number of ether oxygens (including phenoxy) is 1. The normalized spacial score (nSPS) is 24.8. The van der Waals surface area contributed by atoms with Gasteiger partial charge in [-0.1, -0.05) is 0 Å².